The second kappa shape index (κ2) is 5.20. The zero-order chi connectivity index (χ0) is 13.4. The first-order chi connectivity index (χ1) is 9.15. The number of aliphatic carboxylic acids is 1. The van der Waals surface area contributed by atoms with E-state index < -0.39 is 12.0 Å². The van der Waals surface area contributed by atoms with Crippen molar-refractivity contribution in [2.45, 2.75) is 43.6 Å². The SMILES string of the molecule is O=C(O)C1CSCCN1C(=O)NC1CC2CCC1O2. The molecule has 0 aromatic rings. The number of carboxylic acid groups (broad SMARTS) is 1. The van der Waals surface area contributed by atoms with Gasteiger partial charge in [0.05, 0.1) is 18.2 Å². The number of nitrogens with zero attached hydrogens (tertiary/aromatic N) is 1. The highest BCUT2D eigenvalue weighted by atomic mass is 32.2. The number of carbonyl (C=O) groups excluding carboxylic acids is 1. The number of hydrogen-bond donors (Lipinski definition) is 2. The predicted octanol–water partition coefficient (Wildman–Crippen LogP) is 0.518. The summed E-state index contributed by atoms with van der Waals surface area (Å²) in [6.07, 6.45) is 3.33. The molecule has 7 heteroatoms. The Morgan fingerprint density at radius 3 is 2.84 bits per heavy atom. The van der Waals surface area contributed by atoms with Crippen LogP contribution in [0.5, 0.6) is 0 Å². The van der Waals surface area contributed by atoms with Crippen LogP contribution in [0, 0.1) is 0 Å². The number of carboxylic acids is 1. The minimum Gasteiger partial charge on any atom is -0.480 e. The number of hydrogen-bond acceptors (Lipinski definition) is 4. The van der Waals surface area contributed by atoms with Crippen molar-refractivity contribution in [1.29, 1.82) is 0 Å². The molecule has 3 aliphatic rings. The van der Waals surface area contributed by atoms with E-state index in [1.807, 2.05) is 0 Å². The maximum absolute atomic E-state index is 12.2. The molecule has 4 unspecified atom stereocenters. The van der Waals surface area contributed by atoms with Gasteiger partial charge in [0.1, 0.15) is 6.04 Å². The van der Waals surface area contributed by atoms with Gasteiger partial charge in [-0.3, -0.25) is 0 Å². The van der Waals surface area contributed by atoms with Gasteiger partial charge in [0.15, 0.2) is 0 Å². The van der Waals surface area contributed by atoms with Crippen LogP contribution in [0.4, 0.5) is 4.79 Å². The minimum atomic E-state index is -0.924. The Kier molecular flexibility index (Phi) is 3.58. The molecular weight excluding hydrogens is 268 g/mol. The van der Waals surface area contributed by atoms with Gasteiger partial charge in [-0.25, -0.2) is 9.59 Å². The van der Waals surface area contributed by atoms with Gasteiger partial charge in [0, 0.05) is 18.1 Å². The van der Waals surface area contributed by atoms with E-state index in [1.54, 1.807) is 11.8 Å². The largest absolute Gasteiger partial charge is 0.480 e. The number of carbonyl (C=O) groups is 2. The minimum absolute atomic E-state index is 0.0512. The Morgan fingerprint density at radius 1 is 1.37 bits per heavy atom. The molecule has 106 valence electrons. The summed E-state index contributed by atoms with van der Waals surface area (Å²) >= 11 is 1.58. The van der Waals surface area contributed by atoms with Gasteiger partial charge in [-0.2, -0.15) is 11.8 Å². The molecule has 0 radical (unpaired) electrons. The lowest BCUT2D eigenvalue weighted by Gasteiger charge is -2.34. The molecule has 2 N–H and O–H groups in total. The van der Waals surface area contributed by atoms with Crippen LogP contribution in [-0.4, -0.2) is 64.3 Å². The summed E-state index contributed by atoms with van der Waals surface area (Å²) in [5.41, 5.74) is 0. The van der Waals surface area contributed by atoms with E-state index in [4.69, 9.17) is 9.84 Å². The van der Waals surface area contributed by atoms with Crippen molar-refractivity contribution in [1.82, 2.24) is 10.2 Å². The van der Waals surface area contributed by atoms with Crippen molar-refractivity contribution in [2.24, 2.45) is 0 Å². The zero-order valence-electron chi connectivity index (χ0n) is 10.6. The summed E-state index contributed by atoms with van der Waals surface area (Å²) < 4.78 is 5.69. The Balaban J connectivity index is 1.61. The van der Waals surface area contributed by atoms with Gasteiger partial charge < -0.3 is 20.1 Å². The standard InChI is InChI=1S/C12H18N2O4S/c15-11(16)9-6-19-4-3-14(9)12(17)13-8-5-7-1-2-10(8)18-7/h7-10H,1-6H2,(H,13,17)(H,15,16). The van der Waals surface area contributed by atoms with Crippen LogP contribution in [0.25, 0.3) is 0 Å². The number of urea groups is 1. The van der Waals surface area contributed by atoms with E-state index >= 15 is 0 Å². The molecular formula is C12H18N2O4S. The highest BCUT2D eigenvalue weighted by Crippen LogP contribution is 2.34. The molecule has 3 rings (SSSR count). The van der Waals surface area contributed by atoms with Gasteiger partial charge in [0.25, 0.3) is 0 Å². The van der Waals surface area contributed by atoms with Crippen molar-refractivity contribution in [3.05, 3.63) is 0 Å². The summed E-state index contributed by atoms with van der Waals surface area (Å²) in [6, 6.07) is -0.914. The summed E-state index contributed by atoms with van der Waals surface area (Å²) in [7, 11) is 0. The first-order valence-electron chi connectivity index (χ1n) is 6.68. The van der Waals surface area contributed by atoms with Crippen molar-refractivity contribution in [3.63, 3.8) is 0 Å². The van der Waals surface area contributed by atoms with E-state index in [1.165, 1.54) is 4.90 Å². The smallest absolute Gasteiger partial charge is 0.327 e. The first-order valence-corrected chi connectivity index (χ1v) is 7.84. The maximum Gasteiger partial charge on any atom is 0.327 e. The number of fused-ring (bicyclic) bond motifs is 2. The van der Waals surface area contributed by atoms with Crippen LogP contribution in [0.15, 0.2) is 0 Å². The summed E-state index contributed by atoms with van der Waals surface area (Å²) in [6.45, 7) is 0.495. The van der Waals surface area contributed by atoms with E-state index in [0.717, 1.165) is 25.0 Å². The van der Waals surface area contributed by atoms with Crippen molar-refractivity contribution in [3.8, 4) is 0 Å². The molecule has 3 saturated heterocycles. The van der Waals surface area contributed by atoms with Crippen LogP contribution < -0.4 is 5.32 Å². The van der Waals surface area contributed by atoms with E-state index in [2.05, 4.69) is 5.32 Å². The quantitative estimate of drug-likeness (QED) is 0.773. The molecule has 0 aromatic heterocycles. The Morgan fingerprint density at radius 2 is 2.21 bits per heavy atom. The van der Waals surface area contributed by atoms with Gasteiger partial charge in [0.2, 0.25) is 0 Å². The monoisotopic (exact) mass is 286 g/mol. The fourth-order valence-corrected chi connectivity index (χ4v) is 4.12. The number of amides is 2. The fraction of sp³-hybridized carbons (Fsp3) is 0.833. The van der Waals surface area contributed by atoms with Gasteiger partial charge in [-0.15, -0.1) is 0 Å². The van der Waals surface area contributed by atoms with E-state index in [9.17, 15) is 9.59 Å². The van der Waals surface area contributed by atoms with Crippen LogP contribution in [0.3, 0.4) is 0 Å². The highest BCUT2D eigenvalue weighted by molar-refractivity contribution is 7.99. The molecule has 2 bridgehead atoms. The molecule has 4 atom stereocenters. The summed E-state index contributed by atoms with van der Waals surface area (Å²) in [5, 5.41) is 12.1. The van der Waals surface area contributed by atoms with Crippen LogP contribution in [0.1, 0.15) is 19.3 Å². The van der Waals surface area contributed by atoms with Crippen molar-refractivity contribution in [2.75, 3.05) is 18.1 Å². The molecule has 2 amide bonds. The number of nitrogens with one attached hydrogen (secondary N) is 1. The van der Waals surface area contributed by atoms with Crippen LogP contribution in [-0.2, 0) is 9.53 Å². The maximum atomic E-state index is 12.2. The zero-order valence-corrected chi connectivity index (χ0v) is 11.4. The first kappa shape index (κ1) is 13.1. The van der Waals surface area contributed by atoms with Gasteiger partial charge in [-0.1, -0.05) is 0 Å². The molecule has 3 fully saturated rings. The van der Waals surface area contributed by atoms with Crippen molar-refractivity contribution < 1.29 is 19.4 Å². The highest BCUT2D eigenvalue weighted by Gasteiger charge is 2.42. The molecule has 0 spiro atoms. The topological polar surface area (TPSA) is 78.9 Å². The molecule has 19 heavy (non-hydrogen) atoms. The Hall–Kier alpha value is -0.950. The summed E-state index contributed by atoms with van der Waals surface area (Å²) in [5.74, 6) is 0.340. The molecule has 6 nitrogen and oxygen atoms in total. The normalized spacial score (nSPS) is 37.4. The second-order valence-electron chi connectivity index (χ2n) is 5.29. The molecule has 0 saturated carbocycles. The molecule has 3 aliphatic heterocycles. The third kappa shape index (κ3) is 2.53. The number of ether oxygens (including phenoxy) is 1. The lowest BCUT2D eigenvalue weighted by molar-refractivity contribution is -0.141. The molecule has 0 aliphatic carbocycles. The fourth-order valence-electron chi connectivity index (χ4n) is 3.08. The molecule has 3 heterocycles. The average Bonchev–Trinajstić information content (AvgIpc) is 3.01. The van der Waals surface area contributed by atoms with E-state index in [0.29, 0.717) is 12.3 Å². The lowest BCUT2D eigenvalue weighted by Crippen LogP contribution is -2.56. The molecule has 0 aromatic carbocycles. The second-order valence-corrected chi connectivity index (χ2v) is 6.44. The lowest BCUT2D eigenvalue weighted by atomic mass is 9.96. The summed E-state index contributed by atoms with van der Waals surface area (Å²) in [4.78, 5) is 24.9. The van der Waals surface area contributed by atoms with E-state index in [-0.39, 0.29) is 24.3 Å². The third-order valence-electron chi connectivity index (χ3n) is 4.09. The third-order valence-corrected chi connectivity index (χ3v) is 5.11. The van der Waals surface area contributed by atoms with Crippen molar-refractivity contribution >= 4 is 23.8 Å². The van der Waals surface area contributed by atoms with Gasteiger partial charge in [-0.05, 0) is 19.3 Å². The number of thioether (sulfide) groups is 1. The Bertz CT molecular complexity index is 392. The average molecular weight is 286 g/mol. The Labute approximate surface area is 115 Å². The van der Waals surface area contributed by atoms with Gasteiger partial charge >= 0.3 is 12.0 Å². The van der Waals surface area contributed by atoms with Crippen LogP contribution >= 0.6 is 11.8 Å². The van der Waals surface area contributed by atoms with Crippen LogP contribution in [0.2, 0.25) is 0 Å². The predicted molar refractivity (Wildman–Crippen MR) is 70.3 cm³/mol. The number of rotatable bonds is 2.